The average molecular weight is 440 g/mol. The van der Waals surface area contributed by atoms with Crippen molar-refractivity contribution < 1.29 is 17.9 Å². The molecule has 4 fully saturated rings. The number of rotatable bonds is 5. The van der Waals surface area contributed by atoms with Crippen LogP contribution >= 0.6 is 0 Å². The third kappa shape index (κ3) is 4.77. The molecule has 4 heterocycles. The van der Waals surface area contributed by atoms with Crippen LogP contribution in [0.25, 0.3) is 0 Å². The molecule has 1 aromatic rings. The van der Waals surface area contributed by atoms with E-state index in [9.17, 15) is 13.2 Å². The molecule has 1 saturated carbocycles. The number of hydrogen-bond donors (Lipinski definition) is 1. The van der Waals surface area contributed by atoms with Crippen molar-refractivity contribution in [3.63, 3.8) is 0 Å². The lowest BCUT2D eigenvalue weighted by molar-refractivity contribution is -0.137. The van der Waals surface area contributed by atoms with Crippen molar-refractivity contribution >= 4 is 11.6 Å². The van der Waals surface area contributed by atoms with E-state index in [-0.39, 0.29) is 11.9 Å². The van der Waals surface area contributed by atoms with Gasteiger partial charge in [0.25, 0.3) is 0 Å². The van der Waals surface area contributed by atoms with Crippen LogP contribution in [0.1, 0.15) is 44.1 Å². The van der Waals surface area contributed by atoms with Gasteiger partial charge in [0.05, 0.1) is 0 Å². The van der Waals surface area contributed by atoms with Crippen molar-refractivity contribution in [3.05, 3.63) is 11.6 Å². The molecule has 3 saturated heterocycles. The summed E-state index contributed by atoms with van der Waals surface area (Å²) < 4.78 is 46.7. The molecule has 3 aliphatic heterocycles. The van der Waals surface area contributed by atoms with E-state index < -0.39 is 11.7 Å². The first-order chi connectivity index (χ1) is 15.0. The molecule has 4 aliphatic rings. The lowest BCUT2D eigenvalue weighted by Gasteiger charge is -2.28. The molecule has 0 amide bonds. The molecular weight excluding hydrogens is 407 g/mol. The fourth-order valence-electron chi connectivity index (χ4n) is 5.96. The summed E-state index contributed by atoms with van der Waals surface area (Å²) in [6.07, 6.45) is 1.62. The van der Waals surface area contributed by atoms with Crippen molar-refractivity contribution in [1.82, 2.24) is 15.1 Å². The number of halogens is 3. The molecule has 6 nitrogen and oxygen atoms in total. The summed E-state index contributed by atoms with van der Waals surface area (Å²) >= 11 is 0. The first kappa shape index (κ1) is 21.2. The number of fused-ring (bicyclic) bond motifs is 1. The standard InChI is InChI=1S/C22H32F3N5O/c23-22(24,25)19-11-20(30-5-1-2-6-30)27-28-21(19)26-18-9-16-13-29(14-17(16)10-18)12-15-3-7-31-8-4-15/h11,15-18H,1-10,12-14H2,(H,26,28)/t16-,17+,18+. The van der Waals surface area contributed by atoms with Crippen LogP contribution in [0.2, 0.25) is 0 Å². The first-order valence-corrected chi connectivity index (χ1v) is 11.7. The minimum Gasteiger partial charge on any atom is -0.381 e. The second-order valence-corrected chi connectivity index (χ2v) is 9.76. The van der Waals surface area contributed by atoms with Crippen molar-refractivity contribution in [3.8, 4) is 0 Å². The Balaban J connectivity index is 1.20. The van der Waals surface area contributed by atoms with Crippen LogP contribution < -0.4 is 10.2 Å². The number of ether oxygens (including phenoxy) is 1. The quantitative estimate of drug-likeness (QED) is 0.756. The zero-order valence-corrected chi connectivity index (χ0v) is 17.9. The van der Waals surface area contributed by atoms with Crippen LogP contribution in [-0.2, 0) is 10.9 Å². The van der Waals surface area contributed by atoms with E-state index in [2.05, 4.69) is 20.4 Å². The molecule has 1 aliphatic carbocycles. The van der Waals surface area contributed by atoms with Crippen molar-refractivity contribution in [2.24, 2.45) is 17.8 Å². The van der Waals surface area contributed by atoms with Gasteiger partial charge in [-0.1, -0.05) is 0 Å². The highest BCUT2D eigenvalue weighted by molar-refractivity contribution is 5.53. The molecule has 1 aromatic heterocycles. The van der Waals surface area contributed by atoms with Crippen LogP contribution in [-0.4, -0.2) is 67.1 Å². The highest BCUT2D eigenvalue weighted by atomic mass is 19.4. The Morgan fingerprint density at radius 2 is 1.71 bits per heavy atom. The molecule has 5 rings (SSSR count). The normalized spacial score (nSPS) is 30.2. The Bertz CT molecular complexity index is 750. The lowest BCUT2D eigenvalue weighted by Crippen LogP contribution is -2.32. The first-order valence-electron chi connectivity index (χ1n) is 11.7. The average Bonchev–Trinajstić information content (AvgIpc) is 3.45. The molecule has 0 bridgehead atoms. The molecule has 9 heteroatoms. The van der Waals surface area contributed by atoms with E-state index in [4.69, 9.17) is 4.74 Å². The summed E-state index contributed by atoms with van der Waals surface area (Å²) in [7, 11) is 0. The number of alkyl halides is 3. The maximum atomic E-state index is 13.8. The largest absolute Gasteiger partial charge is 0.420 e. The zero-order chi connectivity index (χ0) is 21.4. The Morgan fingerprint density at radius 1 is 1.03 bits per heavy atom. The minimum atomic E-state index is -4.44. The second kappa shape index (κ2) is 8.73. The van der Waals surface area contributed by atoms with Gasteiger partial charge in [0, 0.05) is 52.0 Å². The number of anilines is 2. The van der Waals surface area contributed by atoms with Crippen molar-refractivity contribution in [2.75, 3.05) is 56.2 Å². The van der Waals surface area contributed by atoms with Gasteiger partial charge in [-0.25, -0.2) is 0 Å². The van der Waals surface area contributed by atoms with Gasteiger partial charge in [-0.2, -0.15) is 13.2 Å². The van der Waals surface area contributed by atoms with Gasteiger partial charge in [0.15, 0.2) is 11.6 Å². The third-order valence-corrected chi connectivity index (χ3v) is 7.54. The van der Waals surface area contributed by atoms with Gasteiger partial charge in [-0.05, 0) is 62.3 Å². The monoisotopic (exact) mass is 439 g/mol. The van der Waals surface area contributed by atoms with E-state index >= 15 is 0 Å². The summed E-state index contributed by atoms with van der Waals surface area (Å²) in [5, 5.41) is 11.2. The number of nitrogens with zero attached hydrogens (tertiary/aromatic N) is 4. The Labute approximate surface area is 181 Å². The lowest BCUT2D eigenvalue weighted by atomic mass is 10.00. The van der Waals surface area contributed by atoms with Crippen LogP contribution in [0.3, 0.4) is 0 Å². The van der Waals surface area contributed by atoms with E-state index in [0.29, 0.717) is 17.7 Å². The van der Waals surface area contributed by atoms with Gasteiger partial charge >= 0.3 is 6.18 Å². The van der Waals surface area contributed by atoms with Gasteiger partial charge in [-0.15, -0.1) is 10.2 Å². The summed E-state index contributed by atoms with van der Waals surface area (Å²) in [6, 6.07) is 1.21. The molecular formula is C22H32F3N5O. The molecule has 0 aromatic carbocycles. The van der Waals surface area contributed by atoms with Crippen LogP contribution in [0.4, 0.5) is 24.8 Å². The topological polar surface area (TPSA) is 53.5 Å². The maximum absolute atomic E-state index is 13.8. The van der Waals surface area contributed by atoms with E-state index in [0.717, 1.165) is 90.4 Å². The highest BCUT2D eigenvalue weighted by Crippen LogP contribution is 2.41. The Morgan fingerprint density at radius 3 is 2.35 bits per heavy atom. The Kier molecular flexibility index (Phi) is 5.98. The van der Waals surface area contributed by atoms with E-state index in [1.54, 1.807) is 0 Å². The fourth-order valence-corrected chi connectivity index (χ4v) is 5.96. The highest BCUT2D eigenvalue weighted by Gasteiger charge is 2.43. The van der Waals surface area contributed by atoms with Crippen LogP contribution in [0.5, 0.6) is 0 Å². The number of nitrogens with one attached hydrogen (secondary N) is 1. The van der Waals surface area contributed by atoms with Crippen molar-refractivity contribution in [1.29, 1.82) is 0 Å². The zero-order valence-electron chi connectivity index (χ0n) is 17.9. The van der Waals surface area contributed by atoms with E-state index in [1.165, 1.54) is 6.07 Å². The number of likely N-dealkylation sites (tertiary alicyclic amines) is 1. The van der Waals surface area contributed by atoms with Crippen LogP contribution in [0.15, 0.2) is 6.07 Å². The number of hydrogen-bond acceptors (Lipinski definition) is 6. The van der Waals surface area contributed by atoms with Gasteiger partial charge in [0.2, 0.25) is 0 Å². The molecule has 172 valence electrons. The van der Waals surface area contributed by atoms with Crippen LogP contribution in [0, 0.1) is 17.8 Å². The summed E-state index contributed by atoms with van der Waals surface area (Å²) in [5.41, 5.74) is -0.692. The summed E-state index contributed by atoms with van der Waals surface area (Å²) in [4.78, 5) is 4.45. The fraction of sp³-hybridized carbons (Fsp3) is 0.818. The van der Waals surface area contributed by atoms with Gasteiger partial charge < -0.3 is 19.9 Å². The molecule has 1 N–H and O–H groups in total. The van der Waals surface area contributed by atoms with Gasteiger partial charge in [0.1, 0.15) is 5.56 Å². The van der Waals surface area contributed by atoms with Crippen molar-refractivity contribution in [2.45, 2.75) is 50.7 Å². The summed E-state index contributed by atoms with van der Waals surface area (Å²) in [5.74, 6) is 2.06. The second-order valence-electron chi connectivity index (χ2n) is 9.76. The minimum absolute atomic E-state index is 0.0354. The summed E-state index contributed by atoms with van der Waals surface area (Å²) in [6.45, 7) is 6.49. The van der Waals surface area contributed by atoms with E-state index in [1.807, 2.05) is 4.90 Å². The maximum Gasteiger partial charge on any atom is 0.420 e. The molecule has 0 spiro atoms. The SMILES string of the molecule is FC(F)(F)c1cc(N2CCCC2)nnc1N[C@H]1C[C@@H]2CN(CC3CCOCC3)C[C@@H]2C1. The molecule has 31 heavy (non-hydrogen) atoms. The third-order valence-electron chi connectivity index (χ3n) is 7.54. The predicted molar refractivity (Wildman–Crippen MR) is 112 cm³/mol. The number of aromatic nitrogens is 2. The van der Waals surface area contributed by atoms with Gasteiger partial charge in [-0.3, -0.25) is 0 Å². The smallest absolute Gasteiger partial charge is 0.381 e. The molecule has 0 unspecified atom stereocenters. The molecule has 3 atom stereocenters. The Hall–Kier alpha value is -1.61. The predicted octanol–water partition coefficient (Wildman–Crippen LogP) is 3.64. The molecule has 0 radical (unpaired) electrons.